The molecule has 10 heteroatoms. The highest BCUT2D eigenvalue weighted by molar-refractivity contribution is 5.92. The number of fused-ring (bicyclic) bond motifs is 1. The zero-order chi connectivity index (χ0) is 24.2. The highest BCUT2D eigenvalue weighted by Gasteiger charge is 2.35. The van der Waals surface area contributed by atoms with Gasteiger partial charge in [0, 0.05) is 25.3 Å². The Balaban J connectivity index is 1.43. The van der Waals surface area contributed by atoms with E-state index < -0.39 is 0 Å². The van der Waals surface area contributed by atoms with Crippen molar-refractivity contribution in [2.75, 3.05) is 24.3 Å². The van der Waals surface area contributed by atoms with Crippen molar-refractivity contribution in [3.63, 3.8) is 0 Å². The molecular weight excluding hydrogens is 436 g/mol. The molecule has 0 bridgehead atoms. The third-order valence-corrected chi connectivity index (χ3v) is 6.76. The average Bonchev–Trinajstić information content (AvgIpc) is 3.40. The van der Waals surface area contributed by atoms with Gasteiger partial charge in [-0.15, -0.1) is 0 Å². The number of imidazole rings is 1. The molecule has 1 aliphatic heterocycles. The number of ether oxygens (including phenoxy) is 2. The van der Waals surface area contributed by atoms with Gasteiger partial charge in [0.2, 0.25) is 11.9 Å². The molecule has 2 fully saturated rings. The van der Waals surface area contributed by atoms with Gasteiger partial charge in [0.1, 0.15) is 12.8 Å². The highest BCUT2D eigenvalue weighted by atomic mass is 16.6. The van der Waals surface area contributed by atoms with Crippen LogP contribution in [0.4, 0.5) is 11.8 Å². The first kappa shape index (κ1) is 24.4. The minimum atomic E-state index is -0.305. The molecule has 0 radical (unpaired) electrons. The van der Waals surface area contributed by atoms with Gasteiger partial charge < -0.3 is 14.8 Å². The smallest absolute Gasteiger partial charge is 0.306 e. The first-order valence-corrected chi connectivity index (χ1v) is 12.4. The van der Waals surface area contributed by atoms with Crippen LogP contribution in [0.2, 0.25) is 0 Å². The topological polar surface area (TPSA) is 120 Å². The van der Waals surface area contributed by atoms with Gasteiger partial charge in [0.15, 0.2) is 17.0 Å². The number of carbonyl (C=O) groups excluding carboxylic acids is 2. The van der Waals surface area contributed by atoms with E-state index in [4.69, 9.17) is 9.47 Å². The summed E-state index contributed by atoms with van der Waals surface area (Å²) in [4.78, 5) is 37.9. The number of hydrogen-bond acceptors (Lipinski definition) is 8. The fraction of sp³-hybridized carbons (Fsp3) is 0.708. The second-order valence-corrected chi connectivity index (χ2v) is 9.87. The molecule has 1 amide bonds. The number of nitrogens with one attached hydrogen (secondary N) is 2. The van der Waals surface area contributed by atoms with Gasteiger partial charge in [0.25, 0.3) is 0 Å². The molecule has 186 valence electrons. The molecule has 3 unspecified atom stereocenters. The van der Waals surface area contributed by atoms with Gasteiger partial charge in [-0.3, -0.25) is 19.5 Å². The van der Waals surface area contributed by atoms with Crippen LogP contribution in [0.25, 0.3) is 11.2 Å². The van der Waals surface area contributed by atoms with Crippen molar-refractivity contribution in [2.45, 2.75) is 78.0 Å². The zero-order valence-electron chi connectivity index (χ0n) is 20.5. The van der Waals surface area contributed by atoms with E-state index in [-0.39, 0.29) is 48.6 Å². The van der Waals surface area contributed by atoms with E-state index in [1.807, 2.05) is 18.4 Å². The van der Waals surface area contributed by atoms with E-state index in [2.05, 4.69) is 32.5 Å². The van der Waals surface area contributed by atoms with Crippen LogP contribution >= 0.6 is 0 Å². The molecule has 34 heavy (non-hydrogen) atoms. The monoisotopic (exact) mass is 472 g/mol. The number of nitrogens with zero attached hydrogens (tertiary/aromatic N) is 4. The van der Waals surface area contributed by atoms with E-state index in [0.29, 0.717) is 29.3 Å². The fourth-order valence-corrected chi connectivity index (χ4v) is 4.82. The largest absolute Gasteiger partial charge is 0.463 e. The summed E-state index contributed by atoms with van der Waals surface area (Å²) in [5.41, 5.74) is 1.17. The summed E-state index contributed by atoms with van der Waals surface area (Å²) < 4.78 is 13.7. The molecule has 1 saturated carbocycles. The Kier molecular flexibility index (Phi) is 7.65. The van der Waals surface area contributed by atoms with Crippen molar-refractivity contribution in [1.82, 2.24) is 19.5 Å². The van der Waals surface area contributed by atoms with Crippen molar-refractivity contribution >= 4 is 34.8 Å². The van der Waals surface area contributed by atoms with E-state index in [1.165, 1.54) is 19.3 Å². The Morgan fingerprint density at radius 3 is 2.71 bits per heavy atom. The molecule has 3 heterocycles. The lowest BCUT2D eigenvalue weighted by Crippen LogP contribution is -2.22. The van der Waals surface area contributed by atoms with Crippen LogP contribution < -0.4 is 10.6 Å². The summed E-state index contributed by atoms with van der Waals surface area (Å²) in [6.07, 6.45) is 8.42. The molecule has 0 spiro atoms. The predicted octanol–water partition coefficient (Wildman–Crippen LogP) is 3.90. The molecule has 2 aliphatic rings. The second kappa shape index (κ2) is 10.7. The van der Waals surface area contributed by atoms with Crippen LogP contribution in [0.15, 0.2) is 6.33 Å². The van der Waals surface area contributed by atoms with E-state index in [0.717, 1.165) is 19.3 Å². The lowest BCUT2D eigenvalue weighted by molar-refractivity contribution is -0.149. The Bertz CT molecular complexity index is 1020. The average molecular weight is 473 g/mol. The molecule has 4 rings (SSSR count). The van der Waals surface area contributed by atoms with Crippen molar-refractivity contribution in [2.24, 2.45) is 17.8 Å². The SMILES string of the molecule is CNc1nc(NC(=O)C(C)C)nc2c1ncn2C1OC(COC(=O)CC2CCCCC2)CC1C. The molecule has 0 aromatic carbocycles. The van der Waals surface area contributed by atoms with E-state index in [9.17, 15) is 9.59 Å². The van der Waals surface area contributed by atoms with Crippen molar-refractivity contribution in [3.05, 3.63) is 6.33 Å². The Labute approximate surface area is 200 Å². The van der Waals surface area contributed by atoms with E-state index in [1.54, 1.807) is 13.4 Å². The molecule has 1 aliphatic carbocycles. The lowest BCUT2D eigenvalue weighted by Gasteiger charge is -2.21. The molecule has 2 aromatic rings. The van der Waals surface area contributed by atoms with Crippen LogP contribution in [0, 0.1) is 17.8 Å². The molecule has 10 nitrogen and oxygen atoms in total. The van der Waals surface area contributed by atoms with Crippen LogP contribution in [-0.4, -0.2) is 51.2 Å². The van der Waals surface area contributed by atoms with Crippen molar-refractivity contribution in [1.29, 1.82) is 0 Å². The maximum Gasteiger partial charge on any atom is 0.306 e. The normalized spacial score (nSPS) is 23.4. The molecule has 2 aromatic heterocycles. The van der Waals surface area contributed by atoms with Crippen LogP contribution in [0.3, 0.4) is 0 Å². The van der Waals surface area contributed by atoms with Gasteiger partial charge in [0.05, 0.1) is 12.4 Å². The number of anilines is 2. The first-order valence-electron chi connectivity index (χ1n) is 12.4. The Morgan fingerprint density at radius 1 is 1.24 bits per heavy atom. The first-order chi connectivity index (χ1) is 16.4. The number of carbonyl (C=O) groups is 2. The van der Waals surface area contributed by atoms with Gasteiger partial charge in [-0.05, 0) is 25.2 Å². The molecule has 1 saturated heterocycles. The summed E-state index contributed by atoms with van der Waals surface area (Å²) in [5, 5.41) is 5.79. The van der Waals surface area contributed by atoms with Crippen LogP contribution in [0.5, 0.6) is 0 Å². The zero-order valence-corrected chi connectivity index (χ0v) is 20.5. The second-order valence-electron chi connectivity index (χ2n) is 9.87. The third-order valence-electron chi connectivity index (χ3n) is 6.76. The van der Waals surface area contributed by atoms with Gasteiger partial charge in [-0.2, -0.15) is 9.97 Å². The molecular formula is C24H36N6O4. The Morgan fingerprint density at radius 2 is 2.00 bits per heavy atom. The fourth-order valence-electron chi connectivity index (χ4n) is 4.82. The summed E-state index contributed by atoms with van der Waals surface area (Å²) in [6.45, 7) is 5.98. The van der Waals surface area contributed by atoms with E-state index >= 15 is 0 Å². The van der Waals surface area contributed by atoms with Gasteiger partial charge >= 0.3 is 5.97 Å². The Hall–Kier alpha value is -2.75. The summed E-state index contributed by atoms with van der Waals surface area (Å²) in [6, 6.07) is 0. The lowest BCUT2D eigenvalue weighted by atomic mass is 9.87. The van der Waals surface area contributed by atoms with Gasteiger partial charge in [-0.1, -0.05) is 40.0 Å². The molecule has 2 N–H and O–H groups in total. The van der Waals surface area contributed by atoms with Crippen molar-refractivity contribution < 1.29 is 19.1 Å². The maximum atomic E-state index is 12.3. The molecule has 3 atom stereocenters. The van der Waals surface area contributed by atoms with Crippen LogP contribution in [-0.2, 0) is 19.1 Å². The minimum absolute atomic E-state index is 0.128. The minimum Gasteiger partial charge on any atom is -0.463 e. The summed E-state index contributed by atoms with van der Waals surface area (Å²) >= 11 is 0. The summed E-state index contributed by atoms with van der Waals surface area (Å²) in [5.74, 6) is 0.895. The number of aromatic nitrogens is 4. The number of rotatable bonds is 8. The van der Waals surface area contributed by atoms with Gasteiger partial charge in [-0.25, -0.2) is 4.98 Å². The summed E-state index contributed by atoms with van der Waals surface area (Å²) in [7, 11) is 1.75. The van der Waals surface area contributed by atoms with Crippen molar-refractivity contribution in [3.8, 4) is 0 Å². The number of esters is 1. The maximum absolute atomic E-state index is 12.3. The third kappa shape index (κ3) is 5.48. The van der Waals surface area contributed by atoms with Crippen LogP contribution in [0.1, 0.15) is 71.9 Å². The number of amides is 1. The standard InChI is InChI=1S/C24H36N6O4/c1-14(2)22(32)29-24-27-20(25-4)19-21(28-24)30(13-26-19)23-15(3)10-17(34-23)12-33-18(31)11-16-8-6-5-7-9-16/h13-17,23H,5-12H2,1-4H3,(H2,25,27,28,29,32). The quantitative estimate of drug-likeness (QED) is 0.555. The number of hydrogen-bond donors (Lipinski definition) is 2. The highest BCUT2D eigenvalue weighted by Crippen LogP contribution is 2.37. The predicted molar refractivity (Wildman–Crippen MR) is 128 cm³/mol.